The molecule has 0 spiro atoms. The van der Waals surface area contributed by atoms with Crippen LogP contribution in [-0.2, 0) is 25.7 Å². The summed E-state index contributed by atoms with van der Waals surface area (Å²) in [7, 11) is 0. The first-order valence-electron chi connectivity index (χ1n) is 9.87. The van der Waals surface area contributed by atoms with E-state index in [0.717, 1.165) is 30.8 Å². The fourth-order valence-corrected chi connectivity index (χ4v) is 3.65. The highest BCUT2D eigenvalue weighted by atomic mass is 16.7. The summed E-state index contributed by atoms with van der Waals surface area (Å²) in [6.07, 6.45) is 7.04. The van der Waals surface area contributed by atoms with Gasteiger partial charge in [0.2, 0.25) is 6.79 Å². The zero-order chi connectivity index (χ0) is 18.3. The molecule has 0 fully saturated rings. The number of hydrogen-bond acceptors (Lipinski definition) is 2. The van der Waals surface area contributed by atoms with E-state index in [1.807, 2.05) is 12.1 Å². The Bertz CT molecular complexity index is 853. The molecule has 3 aromatic carbocycles. The van der Waals surface area contributed by atoms with Crippen LogP contribution in [0.1, 0.15) is 35.1 Å². The molecule has 0 aliphatic heterocycles. The smallest absolute Gasteiger partial charge is 0.230 e. The van der Waals surface area contributed by atoms with Crippen LogP contribution >= 0.6 is 0 Å². The second kappa shape index (κ2) is 8.77. The molecule has 1 aliphatic rings. The normalized spacial score (nSPS) is 13.0. The fourth-order valence-electron chi connectivity index (χ4n) is 3.65. The van der Waals surface area contributed by atoms with Gasteiger partial charge in [0.25, 0.3) is 0 Å². The molecule has 2 heteroatoms. The van der Waals surface area contributed by atoms with Gasteiger partial charge in [-0.2, -0.15) is 0 Å². The van der Waals surface area contributed by atoms with Crippen molar-refractivity contribution >= 4 is 0 Å². The Balaban J connectivity index is 1.25. The quantitative estimate of drug-likeness (QED) is 0.500. The molecule has 2 nitrogen and oxygen atoms in total. The number of aryl methyl sites for hydroxylation is 4. The molecule has 0 amide bonds. The molecule has 1 aliphatic carbocycles. The Hall–Kier alpha value is -2.74. The van der Waals surface area contributed by atoms with E-state index in [9.17, 15) is 0 Å². The molecule has 0 saturated heterocycles. The predicted octanol–water partition coefficient (Wildman–Crippen LogP) is 5.77. The third-order valence-electron chi connectivity index (χ3n) is 5.24. The first-order chi connectivity index (χ1) is 13.4. The molecular formula is C25H26O2. The number of benzene rings is 3. The zero-order valence-corrected chi connectivity index (χ0v) is 15.7. The van der Waals surface area contributed by atoms with Gasteiger partial charge >= 0.3 is 0 Å². The molecule has 0 N–H and O–H groups in total. The zero-order valence-electron chi connectivity index (χ0n) is 15.7. The monoisotopic (exact) mass is 358 g/mol. The van der Waals surface area contributed by atoms with Crippen molar-refractivity contribution in [2.45, 2.75) is 38.5 Å². The van der Waals surface area contributed by atoms with E-state index >= 15 is 0 Å². The number of fused-ring (bicyclic) bond motifs is 1. The predicted molar refractivity (Wildman–Crippen MR) is 109 cm³/mol. The second-order valence-electron chi connectivity index (χ2n) is 7.17. The average Bonchev–Trinajstić information content (AvgIpc) is 2.74. The van der Waals surface area contributed by atoms with Gasteiger partial charge in [-0.05, 0) is 85.0 Å². The summed E-state index contributed by atoms with van der Waals surface area (Å²) in [5.74, 6) is 1.74. The van der Waals surface area contributed by atoms with Crippen LogP contribution in [0.3, 0.4) is 0 Å². The van der Waals surface area contributed by atoms with Crippen LogP contribution in [0.25, 0.3) is 0 Å². The lowest BCUT2D eigenvalue weighted by Crippen LogP contribution is -2.07. The molecule has 0 unspecified atom stereocenters. The summed E-state index contributed by atoms with van der Waals surface area (Å²) in [4.78, 5) is 0. The molecule has 0 saturated carbocycles. The van der Waals surface area contributed by atoms with Crippen LogP contribution in [0.5, 0.6) is 11.5 Å². The van der Waals surface area contributed by atoms with Crippen LogP contribution in [-0.4, -0.2) is 6.79 Å². The molecular weight excluding hydrogens is 332 g/mol. The van der Waals surface area contributed by atoms with Crippen molar-refractivity contribution < 1.29 is 9.47 Å². The van der Waals surface area contributed by atoms with Gasteiger partial charge in [0.1, 0.15) is 11.5 Å². The van der Waals surface area contributed by atoms with Crippen molar-refractivity contribution in [1.29, 1.82) is 0 Å². The van der Waals surface area contributed by atoms with Crippen molar-refractivity contribution in [2.24, 2.45) is 0 Å². The van der Waals surface area contributed by atoms with Crippen LogP contribution in [0.15, 0.2) is 72.8 Å². The minimum Gasteiger partial charge on any atom is -0.458 e. The van der Waals surface area contributed by atoms with E-state index in [4.69, 9.17) is 9.47 Å². The van der Waals surface area contributed by atoms with E-state index in [2.05, 4.69) is 60.7 Å². The molecule has 4 rings (SSSR count). The first kappa shape index (κ1) is 17.7. The molecule has 0 radical (unpaired) electrons. The van der Waals surface area contributed by atoms with Crippen LogP contribution in [0.4, 0.5) is 0 Å². The Morgan fingerprint density at radius 1 is 0.593 bits per heavy atom. The van der Waals surface area contributed by atoms with Gasteiger partial charge < -0.3 is 9.47 Å². The maximum atomic E-state index is 5.79. The summed E-state index contributed by atoms with van der Waals surface area (Å²) in [5.41, 5.74) is 5.60. The van der Waals surface area contributed by atoms with E-state index < -0.39 is 0 Å². The lowest BCUT2D eigenvalue weighted by Gasteiger charge is -2.17. The summed E-state index contributed by atoms with van der Waals surface area (Å²) in [6.45, 7) is 0.238. The van der Waals surface area contributed by atoms with Gasteiger partial charge in [0.15, 0.2) is 0 Å². The summed E-state index contributed by atoms with van der Waals surface area (Å²) in [5, 5.41) is 0. The minimum absolute atomic E-state index is 0.238. The average molecular weight is 358 g/mol. The lowest BCUT2D eigenvalue weighted by molar-refractivity contribution is 0.119. The molecule has 0 bridgehead atoms. The SMILES string of the molecule is c1ccc(CCc2ccc(OCOc3ccc4c(c3)CCCC4)cc2)cc1. The van der Waals surface area contributed by atoms with Crippen molar-refractivity contribution in [2.75, 3.05) is 6.79 Å². The molecule has 0 aromatic heterocycles. The van der Waals surface area contributed by atoms with Crippen molar-refractivity contribution in [3.8, 4) is 11.5 Å². The summed E-state index contributed by atoms with van der Waals surface area (Å²) >= 11 is 0. The summed E-state index contributed by atoms with van der Waals surface area (Å²) in [6, 6.07) is 25.3. The van der Waals surface area contributed by atoms with Crippen LogP contribution in [0.2, 0.25) is 0 Å². The number of hydrogen-bond donors (Lipinski definition) is 0. The van der Waals surface area contributed by atoms with Gasteiger partial charge in [-0.25, -0.2) is 0 Å². The standard InChI is InChI=1S/C25H26O2/c1-2-6-20(7-3-1)10-11-21-12-15-24(16-13-21)26-19-27-25-17-14-22-8-4-5-9-23(22)18-25/h1-3,6-7,12-18H,4-5,8-11,19H2. The van der Waals surface area contributed by atoms with Crippen molar-refractivity contribution in [1.82, 2.24) is 0 Å². The van der Waals surface area contributed by atoms with E-state index in [0.29, 0.717) is 0 Å². The number of rotatable bonds is 7. The first-order valence-corrected chi connectivity index (χ1v) is 9.87. The Morgan fingerprint density at radius 2 is 1.22 bits per heavy atom. The Labute approximate surface area is 161 Å². The Morgan fingerprint density at radius 3 is 2.00 bits per heavy atom. The highest BCUT2D eigenvalue weighted by Crippen LogP contribution is 2.25. The van der Waals surface area contributed by atoms with Gasteiger partial charge in [0.05, 0.1) is 0 Å². The van der Waals surface area contributed by atoms with E-state index in [1.54, 1.807) is 0 Å². The van der Waals surface area contributed by atoms with Crippen LogP contribution in [0, 0.1) is 0 Å². The molecule has 0 heterocycles. The third kappa shape index (κ3) is 4.91. The largest absolute Gasteiger partial charge is 0.458 e. The van der Waals surface area contributed by atoms with Crippen molar-refractivity contribution in [3.05, 3.63) is 95.1 Å². The molecule has 27 heavy (non-hydrogen) atoms. The van der Waals surface area contributed by atoms with E-state index in [-0.39, 0.29) is 6.79 Å². The maximum absolute atomic E-state index is 5.79. The van der Waals surface area contributed by atoms with Gasteiger partial charge in [-0.15, -0.1) is 0 Å². The van der Waals surface area contributed by atoms with Gasteiger partial charge in [-0.3, -0.25) is 0 Å². The minimum atomic E-state index is 0.238. The maximum Gasteiger partial charge on any atom is 0.230 e. The highest BCUT2D eigenvalue weighted by molar-refractivity contribution is 5.37. The van der Waals surface area contributed by atoms with Crippen LogP contribution < -0.4 is 9.47 Å². The third-order valence-corrected chi connectivity index (χ3v) is 5.24. The molecule has 0 atom stereocenters. The topological polar surface area (TPSA) is 18.5 Å². The lowest BCUT2D eigenvalue weighted by atomic mass is 9.92. The molecule has 3 aromatic rings. The van der Waals surface area contributed by atoms with Crippen molar-refractivity contribution in [3.63, 3.8) is 0 Å². The molecule has 138 valence electrons. The van der Waals surface area contributed by atoms with Gasteiger partial charge in [-0.1, -0.05) is 48.5 Å². The summed E-state index contributed by atoms with van der Waals surface area (Å²) < 4.78 is 11.5. The number of ether oxygens (including phenoxy) is 2. The fraction of sp³-hybridized carbons (Fsp3) is 0.280. The second-order valence-corrected chi connectivity index (χ2v) is 7.17. The highest BCUT2D eigenvalue weighted by Gasteiger charge is 2.09. The van der Waals surface area contributed by atoms with E-state index in [1.165, 1.54) is 41.5 Å². The van der Waals surface area contributed by atoms with Gasteiger partial charge in [0, 0.05) is 0 Å². The Kier molecular flexibility index (Phi) is 5.73.